The molecule has 0 aromatic heterocycles. The zero-order valence-electron chi connectivity index (χ0n) is 15.3. The predicted octanol–water partition coefficient (Wildman–Crippen LogP) is 6.05. The molecule has 2 nitrogen and oxygen atoms in total. The highest BCUT2D eigenvalue weighted by molar-refractivity contribution is 4.96. The minimum absolute atomic E-state index is 0.574. The molecule has 0 fully saturated rings. The van der Waals surface area contributed by atoms with Gasteiger partial charge in [0, 0.05) is 12.2 Å². The van der Waals surface area contributed by atoms with Gasteiger partial charge in [-0.25, -0.2) is 0 Å². The second-order valence-electron chi connectivity index (χ2n) is 6.71. The Morgan fingerprint density at radius 2 is 1.00 bits per heavy atom. The quantitative estimate of drug-likeness (QED) is 0.321. The summed E-state index contributed by atoms with van der Waals surface area (Å²) in [6.07, 6.45) is 24.1. The molecule has 0 saturated carbocycles. The van der Waals surface area contributed by atoms with Crippen LogP contribution in [0.3, 0.4) is 0 Å². The Kier molecular flexibility index (Phi) is 18.1. The highest BCUT2D eigenvalue weighted by Crippen LogP contribution is 2.14. The third-order valence-electron chi connectivity index (χ3n) is 4.45. The fourth-order valence-electron chi connectivity index (χ4n) is 2.95. The summed E-state index contributed by atoms with van der Waals surface area (Å²) in [5.41, 5.74) is 12.2. The Bertz CT molecular complexity index is 236. The van der Waals surface area contributed by atoms with Crippen molar-refractivity contribution in [2.45, 2.75) is 110 Å². The maximum absolute atomic E-state index is 5.82. The lowest BCUT2D eigenvalue weighted by atomic mass is 10.0. The molecule has 0 aliphatic carbocycles. The molecule has 4 N–H and O–H groups in total. The maximum atomic E-state index is 5.82. The molecule has 0 amide bonds. The van der Waals surface area contributed by atoms with Gasteiger partial charge in [-0.3, -0.25) is 0 Å². The molecule has 0 heterocycles. The van der Waals surface area contributed by atoms with Crippen LogP contribution in [0, 0.1) is 0 Å². The van der Waals surface area contributed by atoms with Crippen molar-refractivity contribution in [2.75, 3.05) is 6.54 Å². The first kappa shape index (κ1) is 21.5. The summed E-state index contributed by atoms with van der Waals surface area (Å²) in [6.45, 7) is 2.86. The molecule has 0 aromatic carbocycles. The van der Waals surface area contributed by atoms with E-state index in [2.05, 4.69) is 6.92 Å². The van der Waals surface area contributed by atoms with Gasteiger partial charge < -0.3 is 11.5 Å². The monoisotopic (exact) mass is 310 g/mol. The van der Waals surface area contributed by atoms with Crippen molar-refractivity contribution in [1.82, 2.24) is 0 Å². The summed E-state index contributed by atoms with van der Waals surface area (Å²) in [7, 11) is 0. The van der Waals surface area contributed by atoms with E-state index >= 15 is 0 Å². The molecular formula is C20H42N2. The van der Waals surface area contributed by atoms with E-state index in [-0.39, 0.29) is 0 Å². The highest BCUT2D eigenvalue weighted by Gasteiger charge is 1.95. The lowest BCUT2D eigenvalue weighted by Gasteiger charge is -2.04. The van der Waals surface area contributed by atoms with Gasteiger partial charge in [0.25, 0.3) is 0 Å². The Morgan fingerprint density at radius 1 is 0.636 bits per heavy atom. The summed E-state index contributed by atoms with van der Waals surface area (Å²) in [6, 6.07) is 0. The van der Waals surface area contributed by atoms with Crippen molar-refractivity contribution in [1.29, 1.82) is 0 Å². The smallest absolute Gasteiger partial charge is 0.0126 e. The van der Waals surface area contributed by atoms with Crippen LogP contribution in [-0.4, -0.2) is 6.54 Å². The van der Waals surface area contributed by atoms with Crippen LogP contribution in [0.2, 0.25) is 0 Å². The SMILES string of the molecule is CCCCCCCCCCCCCCCCCC(N)=CCN. The van der Waals surface area contributed by atoms with Gasteiger partial charge in [-0.15, -0.1) is 0 Å². The van der Waals surface area contributed by atoms with Gasteiger partial charge in [0.1, 0.15) is 0 Å². The second kappa shape index (κ2) is 18.5. The molecule has 0 spiro atoms. The molecule has 0 rings (SSSR count). The molecule has 0 bridgehead atoms. The van der Waals surface area contributed by atoms with Crippen molar-refractivity contribution in [2.24, 2.45) is 11.5 Å². The summed E-state index contributed by atoms with van der Waals surface area (Å²) >= 11 is 0. The number of hydrogen-bond acceptors (Lipinski definition) is 2. The fraction of sp³-hybridized carbons (Fsp3) is 0.900. The first-order valence-corrected chi connectivity index (χ1v) is 9.95. The Morgan fingerprint density at radius 3 is 1.36 bits per heavy atom. The van der Waals surface area contributed by atoms with Crippen LogP contribution < -0.4 is 11.5 Å². The van der Waals surface area contributed by atoms with E-state index in [1.54, 1.807) is 0 Å². The van der Waals surface area contributed by atoms with Crippen LogP contribution in [-0.2, 0) is 0 Å². The van der Waals surface area contributed by atoms with Gasteiger partial charge in [0.15, 0.2) is 0 Å². The molecule has 0 aliphatic rings. The molecular weight excluding hydrogens is 268 g/mol. The molecule has 0 atom stereocenters. The third-order valence-corrected chi connectivity index (χ3v) is 4.45. The molecule has 0 aromatic rings. The van der Waals surface area contributed by atoms with Gasteiger partial charge in [0.2, 0.25) is 0 Å². The van der Waals surface area contributed by atoms with E-state index in [0.29, 0.717) is 6.54 Å². The number of unbranched alkanes of at least 4 members (excludes halogenated alkanes) is 14. The zero-order valence-corrected chi connectivity index (χ0v) is 15.3. The van der Waals surface area contributed by atoms with E-state index in [9.17, 15) is 0 Å². The van der Waals surface area contributed by atoms with Crippen molar-refractivity contribution in [3.05, 3.63) is 11.8 Å². The summed E-state index contributed by atoms with van der Waals surface area (Å²) < 4.78 is 0. The minimum Gasteiger partial charge on any atom is -0.402 e. The molecule has 22 heavy (non-hydrogen) atoms. The molecule has 2 heteroatoms. The van der Waals surface area contributed by atoms with Crippen LogP contribution in [0.1, 0.15) is 110 Å². The van der Waals surface area contributed by atoms with Crippen LogP contribution in [0.15, 0.2) is 11.8 Å². The molecule has 0 radical (unpaired) electrons. The number of allylic oxidation sites excluding steroid dienone is 1. The lowest BCUT2D eigenvalue weighted by Crippen LogP contribution is -2.02. The van der Waals surface area contributed by atoms with E-state index in [1.165, 1.54) is 96.3 Å². The normalized spacial score (nSPS) is 12.0. The molecule has 0 unspecified atom stereocenters. The largest absolute Gasteiger partial charge is 0.402 e. The highest BCUT2D eigenvalue weighted by atomic mass is 14.6. The van der Waals surface area contributed by atoms with Crippen molar-refractivity contribution < 1.29 is 0 Å². The zero-order chi connectivity index (χ0) is 16.3. The predicted molar refractivity (Wildman–Crippen MR) is 101 cm³/mol. The summed E-state index contributed by atoms with van der Waals surface area (Å²) in [4.78, 5) is 0. The number of hydrogen-bond donors (Lipinski definition) is 2. The Balaban J connectivity index is 3.04. The standard InChI is InChI=1S/C20H42N2/c1-2-3-4-5-6-7-8-9-10-11-12-13-14-15-16-17-20(22)18-19-21/h18H,2-17,19,21-22H2,1H3. The fourth-order valence-corrected chi connectivity index (χ4v) is 2.95. The summed E-state index contributed by atoms with van der Waals surface area (Å²) in [5.74, 6) is 0. The van der Waals surface area contributed by atoms with Crippen molar-refractivity contribution in [3.8, 4) is 0 Å². The lowest BCUT2D eigenvalue weighted by molar-refractivity contribution is 0.532. The second-order valence-corrected chi connectivity index (χ2v) is 6.71. The van der Waals surface area contributed by atoms with E-state index in [4.69, 9.17) is 11.5 Å². The minimum atomic E-state index is 0.574. The summed E-state index contributed by atoms with van der Waals surface area (Å²) in [5, 5.41) is 0. The average molecular weight is 311 g/mol. The van der Waals surface area contributed by atoms with Crippen LogP contribution in [0.5, 0.6) is 0 Å². The van der Waals surface area contributed by atoms with Gasteiger partial charge in [-0.1, -0.05) is 103 Å². The first-order chi connectivity index (χ1) is 10.8. The van der Waals surface area contributed by atoms with Crippen molar-refractivity contribution >= 4 is 0 Å². The van der Waals surface area contributed by atoms with Gasteiger partial charge in [-0.05, 0) is 12.8 Å². The van der Waals surface area contributed by atoms with E-state index in [1.807, 2.05) is 6.08 Å². The molecule has 0 saturated heterocycles. The van der Waals surface area contributed by atoms with Crippen LogP contribution in [0.25, 0.3) is 0 Å². The van der Waals surface area contributed by atoms with Crippen molar-refractivity contribution in [3.63, 3.8) is 0 Å². The Labute approximate surface area is 140 Å². The molecule has 132 valence electrons. The topological polar surface area (TPSA) is 52.0 Å². The molecule has 0 aliphatic heterocycles. The van der Waals surface area contributed by atoms with Crippen LogP contribution in [0.4, 0.5) is 0 Å². The first-order valence-electron chi connectivity index (χ1n) is 9.95. The number of rotatable bonds is 17. The Hall–Kier alpha value is -0.500. The average Bonchev–Trinajstić information content (AvgIpc) is 2.51. The van der Waals surface area contributed by atoms with E-state index < -0.39 is 0 Å². The van der Waals surface area contributed by atoms with Gasteiger partial charge >= 0.3 is 0 Å². The van der Waals surface area contributed by atoms with Gasteiger partial charge in [0.05, 0.1) is 0 Å². The third kappa shape index (κ3) is 17.6. The van der Waals surface area contributed by atoms with Gasteiger partial charge in [-0.2, -0.15) is 0 Å². The van der Waals surface area contributed by atoms with E-state index in [0.717, 1.165) is 12.1 Å². The van der Waals surface area contributed by atoms with Crippen LogP contribution >= 0.6 is 0 Å². The number of nitrogens with two attached hydrogens (primary N) is 2. The maximum Gasteiger partial charge on any atom is 0.0126 e.